The second-order valence-corrected chi connectivity index (χ2v) is 10.2. The van der Waals surface area contributed by atoms with Gasteiger partial charge in [-0.25, -0.2) is 0 Å². The van der Waals surface area contributed by atoms with Crippen LogP contribution in [0.2, 0.25) is 0 Å². The minimum absolute atomic E-state index is 0.153. The topological polar surface area (TPSA) is 129 Å². The van der Waals surface area contributed by atoms with Crippen molar-refractivity contribution < 1.29 is 19.4 Å². The molecule has 1 amide bonds. The van der Waals surface area contributed by atoms with Crippen LogP contribution in [0.1, 0.15) is 49.7 Å². The minimum Gasteiger partial charge on any atom is -0.486 e. The molecule has 1 aromatic heterocycles. The van der Waals surface area contributed by atoms with Crippen molar-refractivity contribution >= 4 is 33.9 Å². The van der Waals surface area contributed by atoms with Gasteiger partial charge in [-0.15, -0.1) is 6.42 Å². The molecular weight excluding hydrogens is 530 g/mol. The molecule has 1 fully saturated rings. The molecule has 4 rings (SSSR count). The molecule has 1 aliphatic heterocycles. The van der Waals surface area contributed by atoms with Crippen LogP contribution in [-0.4, -0.2) is 55.0 Å². The van der Waals surface area contributed by atoms with Gasteiger partial charge in [-0.3, -0.25) is 9.78 Å². The molecule has 1 saturated heterocycles. The standard InChI is InChI=1S/C33H37N5O4/c1-3-23-9-7-10-25(17-23)37-33-24(20-34)21-36-29-19-31(42-27-14-16-41-22-27)30(18-28(29)33)38-32(40)13-8-12-26(39)11-5-4-6-15-35-2/h1,7-10,13,17-19,21,26-27,35,39H,4-6,11-12,14-16,22H2,2H3,(H,36,37)(H,38,40)/b13-8+/t26-,27-/m0/s1. The first kappa shape index (κ1) is 30.5. The summed E-state index contributed by atoms with van der Waals surface area (Å²) >= 11 is 0. The number of ether oxygens (including phenoxy) is 2. The highest BCUT2D eigenvalue weighted by Crippen LogP contribution is 2.37. The highest BCUT2D eigenvalue weighted by molar-refractivity contribution is 6.04. The number of nitrogens with zero attached hydrogens (tertiary/aromatic N) is 2. The van der Waals surface area contributed by atoms with E-state index in [1.807, 2.05) is 31.3 Å². The van der Waals surface area contributed by atoms with Gasteiger partial charge in [-0.1, -0.05) is 30.9 Å². The van der Waals surface area contributed by atoms with Crippen LogP contribution in [0, 0.1) is 23.7 Å². The number of hydrogen-bond donors (Lipinski definition) is 4. The molecule has 1 aliphatic rings. The van der Waals surface area contributed by atoms with Crippen LogP contribution in [0.15, 0.2) is 54.7 Å². The molecule has 3 aromatic rings. The van der Waals surface area contributed by atoms with Crippen molar-refractivity contribution in [2.45, 2.75) is 50.7 Å². The number of carbonyl (C=O) groups is 1. The van der Waals surface area contributed by atoms with E-state index in [1.165, 1.54) is 12.3 Å². The summed E-state index contributed by atoms with van der Waals surface area (Å²) in [7, 11) is 1.93. The van der Waals surface area contributed by atoms with Gasteiger partial charge in [0.2, 0.25) is 5.91 Å². The Kier molecular flexibility index (Phi) is 11.3. The summed E-state index contributed by atoms with van der Waals surface area (Å²) in [6.45, 7) is 2.03. The molecular formula is C33H37N5O4. The average molecular weight is 568 g/mol. The number of terminal acetylenes is 1. The Morgan fingerprint density at radius 1 is 1.31 bits per heavy atom. The minimum atomic E-state index is -0.498. The van der Waals surface area contributed by atoms with Crippen LogP contribution in [0.4, 0.5) is 17.1 Å². The van der Waals surface area contributed by atoms with E-state index in [2.05, 4.69) is 32.9 Å². The number of benzene rings is 2. The molecule has 2 aromatic carbocycles. The normalized spacial score (nSPS) is 15.3. The van der Waals surface area contributed by atoms with Gasteiger partial charge in [0.1, 0.15) is 17.9 Å². The largest absolute Gasteiger partial charge is 0.486 e. The number of carbonyl (C=O) groups excluding carboxylic acids is 1. The van der Waals surface area contributed by atoms with Crippen molar-refractivity contribution in [1.82, 2.24) is 10.3 Å². The first-order valence-corrected chi connectivity index (χ1v) is 14.3. The molecule has 0 spiro atoms. The lowest BCUT2D eigenvalue weighted by atomic mass is 10.1. The maximum atomic E-state index is 13.0. The second-order valence-electron chi connectivity index (χ2n) is 10.2. The molecule has 0 unspecified atom stereocenters. The lowest BCUT2D eigenvalue weighted by Crippen LogP contribution is -2.18. The fraction of sp³-hybridized carbons (Fsp3) is 0.364. The molecule has 0 bridgehead atoms. The van der Waals surface area contributed by atoms with Crippen LogP contribution >= 0.6 is 0 Å². The highest BCUT2D eigenvalue weighted by Gasteiger charge is 2.21. The number of rotatable bonds is 14. The van der Waals surface area contributed by atoms with E-state index >= 15 is 0 Å². The number of hydrogen-bond acceptors (Lipinski definition) is 8. The Hall–Kier alpha value is -4.41. The molecule has 2 atom stereocenters. The van der Waals surface area contributed by atoms with Crippen molar-refractivity contribution in [3.8, 4) is 24.2 Å². The van der Waals surface area contributed by atoms with Gasteiger partial charge in [-0.05, 0) is 63.2 Å². The maximum Gasteiger partial charge on any atom is 0.248 e. The first-order chi connectivity index (χ1) is 20.5. The maximum absolute atomic E-state index is 13.0. The smallest absolute Gasteiger partial charge is 0.248 e. The van der Waals surface area contributed by atoms with Crippen LogP contribution < -0.4 is 20.7 Å². The van der Waals surface area contributed by atoms with Crippen molar-refractivity contribution in [3.63, 3.8) is 0 Å². The third-order valence-corrected chi connectivity index (χ3v) is 6.97. The fourth-order valence-electron chi connectivity index (χ4n) is 4.73. The summed E-state index contributed by atoms with van der Waals surface area (Å²) in [5.41, 5.74) is 3.31. The van der Waals surface area contributed by atoms with E-state index in [-0.39, 0.29) is 12.0 Å². The van der Waals surface area contributed by atoms with E-state index in [0.717, 1.165) is 32.2 Å². The molecule has 9 nitrogen and oxygen atoms in total. The molecule has 0 aliphatic carbocycles. The number of pyridine rings is 1. The molecule has 4 N–H and O–H groups in total. The molecule has 9 heteroatoms. The number of anilines is 3. The Labute approximate surface area is 246 Å². The Morgan fingerprint density at radius 3 is 2.95 bits per heavy atom. The summed E-state index contributed by atoms with van der Waals surface area (Å²) in [4.78, 5) is 17.4. The number of aromatic nitrogens is 1. The summed E-state index contributed by atoms with van der Waals surface area (Å²) < 4.78 is 11.7. The van der Waals surface area contributed by atoms with Crippen molar-refractivity contribution in [2.75, 3.05) is 37.4 Å². The number of amides is 1. The second kappa shape index (κ2) is 15.6. The lowest BCUT2D eigenvalue weighted by Gasteiger charge is -2.18. The highest BCUT2D eigenvalue weighted by atomic mass is 16.5. The third-order valence-electron chi connectivity index (χ3n) is 6.97. The predicted octanol–water partition coefficient (Wildman–Crippen LogP) is 5.02. The Bertz CT molecular complexity index is 1480. The average Bonchev–Trinajstić information content (AvgIpc) is 3.51. The Balaban J connectivity index is 1.57. The number of nitrogens with one attached hydrogen (secondary N) is 3. The van der Waals surface area contributed by atoms with Crippen LogP contribution in [0.25, 0.3) is 10.9 Å². The third kappa shape index (κ3) is 8.55. The Morgan fingerprint density at radius 2 is 2.19 bits per heavy atom. The first-order valence-electron chi connectivity index (χ1n) is 14.3. The molecule has 0 saturated carbocycles. The van der Waals surface area contributed by atoms with Crippen LogP contribution in [0.5, 0.6) is 5.75 Å². The zero-order chi connectivity index (χ0) is 29.7. The van der Waals surface area contributed by atoms with Gasteiger partial charge in [0.05, 0.1) is 41.8 Å². The van der Waals surface area contributed by atoms with E-state index < -0.39 is 6.10 Å². The number of unbranched alkanes of at least 4 members (excludes halogenated alkanes) is 2. The van der Waals surface area contributed by atoms with E-state index in [9.17, 15) is 15.2 Å². The van der Waals surface area contributed by atoms with Crippen molar-refractivity contribution in [3.05, 3.63) is 65.9 Å². The number of aliphatic hydroxyl groups is 1. The van der Waals surface area contributed by atoms with Crippen molar-refractivity contribution in [1.29, 1.82) is 5.26 Å². The van der Waals surface area contributed by atoms with Gasteiger partial charge in [-0.2, -0.15) is 5.26 Å². The monoisotopic (exact) mass is 567 g/mol. The molecule has 2 heterocycles. The van der Waals surface area contributed by atoms with E-state index in [1.54, 1.807) is 18.2 Å². The van der Waals surface area contributed by atoms with E-state index in [4.69, 9.17) is 15.9 Å². The molecule has 42 heavy (non-hydrogen) atoms. The number of aliphatic hydroxyl groups excluding tert-OH is 1. The van der Waals surface area contributed by atoms with Crippen LogP contribution in [-0.2, 0) is 9.53 Å². The zero-order valence-electron chi connectivity index (χ0n) is 23.9. The molecule has 0 radical (unpaired) electrons. The van der Waals surface area contributed by atoms with E-state index in [0.29, 0.717) is 70.9 Å². The van der Waals surface area contributed by atoms with Gasteiger partial charge in [0.25, 0.3) is 0 Å². The summed E-state index contributed by atoms with van der Waals surface area (Å²) in [6, 6.07) is 13.0. The quantitative estimate of drug-likeness (QED) is 0.121. The van der Waals surface area contributed by atoms with Gasteiger partial charge >= 0.3 is 0 Å². The summed E-state index contributed by atoms with van der Waals surface area (Å²) in [5, 5.41) is 30.1. The van der Waals surface area contributed by atoms with Gasteiger partial charge in [0, 0.05) is 35.3 Å². The zero-order valence-corrected chi connectivity index (χ0v) is 23.9. The SMILES string of the molecule is C#Cc1cccc(Nc2c(C#N)cnc3cc(O[C@H]4CCOC4)c(NC(=O)/C=C/C[C@@H](O)CCCCCNC)cc23)c1. The van der Waals surface area contributed by atoms with Gasteiger partial charge in [0.15, 0.2) is 0 Å². The number of nitriles is 1. The molecule has 218 valence electrons. The fourth-order valence-corrected chi connectivity index (χ4v) is 4.73. The van der Waals surface area contributed by atoms with Gasteiger partial charge < -0.3 is 30.5 Å². The summed E-state index contributed by atoms with van der Waals surface area (Å²) in [6.07, 6.45) is 14.4. The lowest BCUT2D eigenvalue weighted by molar-refractivity contribution is -0.111. The van der Waals surface area contributed by atoms with Crippen LogP contribution in [0.3, 0.4) is 0 Å². The predicted molar refractivity (Wildman–Crippen MR) is 165 cm³/mol. The van der Waals surface area contributed by atoms with Crippen molar-refractivity contribution in [2.24, 2.45) is 0 Å². The summed E-state index contributed by atoms with van der Waals surface area (Å²) in [5.74, 6) is 2.72. The number of fused-ring (bicyclic) bond motifs is 1.